The van der Waals surface area contributed by atoms with Gasteiger partial charge in [-0.15, -0.1) is 0 Å². The molecule has 0 saturated heterocycles. The molecule has 170 valence electrons. The fourth-order valence-corrected chi connectivity index (χ4v) is 4.64. The summed E-state index contributed by atoms with van der Waals surface area (Å²) in [5.41, 5.74) is 1.76. The predicted octanol–water partition coefficient (Wildman–Crippen LogP) is 7.38. The molecule has 0 heterocycles. The van der Waals surface area contributed by atoms with Crippen molar-refractivity contribution in [2.24, 2.45) is 11.8 Å². The van der Waals surface area contributed by atoms with Gasteiger partial charge in [0.2, 0.25) is 0 Å². The number of carboxylic acids is 2. The van der Waals surface area contributed by atoms with Crippen LogP contribution in [0.1, 0.15) is 124 Å². The van der Waals surface area contributed by atoms with Gasteiger partial charge in [-0.3, -0.25) is 0 Å². The van der Waals surface area contributed by atoms with Crippen LogP contribution in [0.3, 0.4) is 0 Å². The highest BCUT2D eigenvalue weighted by Gasteiger charge is 2.25. The standard InChI is InChI=1S/C26H42O4/c1-5-9-13-19(11-7-3)17-21-15-16-22(25(27)28)24(26(29)30)23(21)18-20(12-8-4)14-10-6-2/h15-16,19-20H,5-14,17-18H2,1-4H3,(H,27,28)(H,29,30). The second-order valence-electron chi connectivity index (χ2n) is 8.74. The van der Waals surface area contributed by atoms with Gasteiger partial charge < -0.3 is 10.2 Å². The highest BCUT2D eigenvalue weighted by Crippen LogP contribution is 2.30. The molecule has 0 bridgehead atoms. The zero-order valence-electron chi connectivity index (χ0n) is 19.5. The minimum atomic E-state index is -1.16. The molecule has 0 aliphatic heterocycles. The van der Waals surface area contributed by atoms with E-state index in [-0.39, 0.29) is 11.1 Å². The van der Waals surface area contributed by atoms with Crippen molar-refractivity contribution >= 4 is 11.9 Å². The third kappa shape index (κ3) is 8.12. The SMILES string of the molecule is CCCCC(CCC)Cc1ccc(C(=O)O)c(C(=O)O)c1CC(CCC)CCCC. The number of hydrogen-bond donors (Lipinski definition) is 2. The normalized spacial score (nSPS) is 13.2. The summed E-state index contributed by atoms with van der Waals surface area (Å²) >= 11 is 0. The topological polar surface area (TPSA) is 74.6 Å². The summed E-state index contributed by atoms with van der Waals surface area (Å²) in [5.74, 6) is -1.35. The van der Waals surface area contributed by atoms with Crippen molar-refractivity contribution in [1.82, 2.24) is 0 Å². The van der Waals surface area contributed by atoms with Crippen molar-refractivity contribution in [3.63, 3.8) is 0 Å². The van der Waals surface area contributed by atoms with Gasteiger partial charge in [-0.2, -0.15) is 0 Å². The Kier molecular flexibility index (Phi) is 12.4. The molecular formula is C26H42O4. The van der Waals surface area contributed by atoms with Gasteiger partial charge in [0, 0.05) is 0 Å². The van der Waals surface area contributed by atoms with E-state index < -0.39 is 11.9 Å². The second kappa shape index (κ2) is 14.2. The molecule has 2 N–H and O–H groups in total. The molecule has 0 radical (unpaired) electrons. The molecule has 0 spiro atoms. The van der Waals surface area contributed by atoms with Gasteiger partial charge in [0.05, 0.1) is 11.1 Å². The van der Waals surface area contributed by atoms with Crippen LogP contribution in [0.25, 0.3) is 0 Å². The van der Waals surface area contributed by atoms with E-state index in [0.29, 0.717) is 18.3 Å². The molecule has 0 amide bonds. The van der Waals surface area contributed by atoms with Crippen LogP contribution in [0, 0.1) is 11.8 Å². The Bertz CT molecular complexity index is 665. The van der Waals surface area contributed by atoms with Gasteiger partial charge in [-0.1, -0.05) is 98.0 Å². The first-order valence-corrected chi connectivity index (χ1v) is 12.0. The Morgan fingerprint density at radius 1 is 0.733 bits per heavy atom. The van der Waals surface area contributed by atoms with Crippen LogP contribution in [0.2, 0.25) is 0 Å². The predicted molar refractivity (Wildman–Crippen MR) is 124 cm³/mol. The molecule has 0 aromatic heterocycles. The van der Waals surface area contributed by atoms with Crippen molar-refractivity contribution in [3.8, 4) is 0 Å². The molecule has 0 saturated carbocycles. The third-order valence-electron chi connectivity index (χ3n) is 6.18. The number of benzene rings is 1. The van der Waals surface area contributed by atoms with Gasteiger partial charge in [-0.05, 0) is 41.9 Å². The highest BCUT2D eigenvalue weighted by molar-refractivity contribution is 6.03. The van der Waals surface area contributed by atoms with Crippen LogP contribution in [0.5, 0.6) is 0 Å². The lowest BCUT2D eigenvalue weighted by Gasteiger charge is -2.23. The van der Waals surface area contributed by atoms with Crippen molar-refractivity contribution in [2.45, 2.75) is 105 Å². The van der Waals surface area contributed by atoms with Gasteiger partial charge in [0.15, 0.2) is 0 Å². The first-order valence-electron chi connectivity index (χ1n) is 12.0. The fourth-order valence-electron chi connectivity index (χ4n) is 4.64. The number of carboxylic acid groups (broad SMARTS) is 2. The van der Waals surface area contributed by atoms with Crippen molar-refractivity contribution in [1.29, 1.82) is 0 Å². The first-order chi connectivity index (χ1) is 14.4. The maximum absolute atomic E-state index is 12.2. The van der Waals surface area contributed by atoms with Crippen LogP contribution in [0.15, 0.2) is 12.1 Å². The minimum Gasteiger partial charge on any atom is -0.478 e. The molecule has 0 aliphatic rings. The second-order valence-corrected chi connectivity index (χ2v) is 8.74. The number of rotatable bonds is 16. The Hall–Kier alpha value is -1.84. The molecule has 2 atom stereocenters. The van der Waals surface area contributed by atoms with Crippen molar-refractivity contribution in [2.75, 3.05) is 0 Å². The number of hydrogen-bond acceptors (Lipinski definition) is 2. The van der Waals surface area contributed by atoms with E-state index in [0.717, 1.165) is 75.3 Å². The summed E-state index contributed by atoms with van der Waals surface area (Å²) in [6.07, 6.45) is 12.6. The van der Waals surface area contributed by atoms with E-state index in [1.54, 1.807) is 0 Å². The molecule has 1 aromatic rings. The molecule has 1 aromatic carbocycles. The van der Waals surface area contributed by atoms with Crippen molar-refractivity contribution in [3.05, 3.63) is 34.4 Å². The maximum atomic E-state index is 12.2. The van der Waals surface area contributed by atoms with Crippen molar-refractivity contribution < 1.29 is 19.8 Å². The average molecular weight is 419 g/mol. The smallest absolute Gasteiger partial charge is 0.336 e. The molecular weight excluding hydrogens is 376 g/mol. The lowest BCUT2D eigenvalue weighted by molar-refractivity contribution is 0.0650. The number of unbranched alkanes of at least 4 members (excludes halogenated alkanes) is 2. The molecule has 2 unspecified atom stereocenters. The highest BCUT2D eigenvalue weighted by atomic mass is 16.4. The molecule has 0 fully saturated rings. The summed E-state index contributed by atoms with van der Waals surface area (Å²) in [4.78, 5) is 23.9. The Morgan fingerprint density at radius 2 is 1.27 bits per heavy atom. The van der Waals surface area contributed by atoms with E-state index in [4.69, 9.17) is 0 Å². The lowest BCUT2D eigenvalue weighted by Crippen LogP contribution is -2.18. The first kappa shape index (κ1) is 26.2. The molecule has 4 heteroatoms. The summed E-state index contributed by atoms with van der Waals surface area (Å²) < 4.78 is 0. The van der Waals surface area contributed by atoms with Gasteiger partial charge in [0.1, 0.15) is 0 Å². The summed E-state index contributed by atoms with van der Waals surface area (Å²) in [7, 11) is 0. The monoisotopic (exact) mass is 418 g/mol. The van der Waals surface area contributed by atoms with E-state index in [2.05, 4.69) is 27.7 Å². The number of aromatic carboxylic acids is 2. The van der Waals surface area contributed by atoms with E-state index in [1.165, 1.54) is 12.5 Å². The fraction of sp³-hybridized carbons (Fsp3) is 0.692. The number of carbonyl (C=O) groups is 2. The molecule has 30 heavy (non-hydrogen) atoms. The summed E-state index contributed by atoms with van der Waals surface area (Å²) in [6.45, 7) is 8.72. The zero-order valence-corrected chi connectivity index (χ0v) is 19.5. The van der Waals surface area contributed by atoms with Crippen LogP contribution in [-0.4, -0.2) is 22.2 Å². The third-order valence-corrected chi connectivity index (χ3v) is 6.18. The van der Waals surface area contributed by atoms with E-state index in [1.807, 2.05) is 6.07 Å². The molecule has 0 aliphatic carbocycles. The van der Waals surface area contributed by atoms with Crippen LogP contribution in [0.4, 0.5) is 0 Å². The molecule has 4 nitrogen and oxygen atoms in total. The Balaban J connectivity index is 3.42. The summed E-state index contributed by atoms with van der Waals surface area (Å²) in [6, 6.07) is 3.40. The van der Waals surface area contributed by atoms with E-state index in [9.17, 15) is 19.8 Å². The largest absolute Gasteiger partial charge is 0.478 e. The minimum absolute atomic E-state index is 0.0170. The molecule has 1 rings (SSSR count). The Labute approximate surface area is 183 Å². The van der Waals surface area contributed by atoms with Gasteiger partial charge in [-0.25, -0.2) is 9.59 Å². The van der Waals surface area contributed by atoms with Gasteiger partial charge in [0.25, 0.3) is 0 Å². The lowest BCUT2D eigenvalue weighted by atomic mass is 9.81. The van der Waals surface area contributed by atoms with Gasteiger partial charge >= 0.3 is 11.9 Å². The van der Waals surface area contributed by atoms with Crippen LogP contribution >= 0.6 is 0 Å². The average Bonchev–Trinajstić information content (AvgIpc) is 2.70. The quantitative estimate of drug-likeness (QED) is 0.294. The van der Waals surface area contributed by atoms with Crippen LogP contribution < -0.4 is 0 Å². The zero-order chi connectivity index (χ0) is 22.5. The van der Waals surface area contributed by atoms with Crippen LogP contribution in [-0.2, 0) is 12.8 Å². The maximum Gasteiger partial charge on any atom is 0.336 e. The van der Waals surface area contributed by atoms with E-state index >= 15 is 0 Å². The summed E-state index contributed by atoms with van der Waals surface area (Å²) in [5, 5.41) is 19.6. The Morgan fingerprint density at radius 3 is 1.70 bits per heavy atom.